The van der Waals surface area contributed by atoms with Crippen LogP contribution in [0.2, 0.25) is 0 Å². The zero-order valence-electron chi connectivity index (χ0n) is 10.3. The van der Waals surface area contributed by atoms with E-state index in [9.17, 15) is 4.39 Å². The number of anilines is 1. The fourth-order valence-corrected chi connectivity index (χ4v) is 2.32. The van der Waals surface area contributed by atoms with E-state index in [-0.39, 0.29) is 11.9 Å². The summed E-state index contributed by atoms with van der Waals surface area (Å²) in [6, 6.07) is 5.01. The fourth-order valence-electron chi connectivity index (χ4n) is 2.32. The van der Waals surface area contributed by atoms with Crippen molar-refractivity contribution in [3.8, 4) is 16.9 Å². The molecule has 0 saturated heterocycles. The summed E-state index contributed by atoms with van der Waals surface area (Å²) in [5.41, 5.74) is 14.3. The molecule has 0 fully saturated rings. The zero-order valence-corrected chi connectivity index (χ0v) is 10.3. The summed E-state index contributed by atoms with van der Waals surface area (Å²) >= 11 is 0. The number of ether oxygens (including phenoxy) is 1. The van der Waals surface area contributed by atoms with Crippen LogP contribution in [0.25, 0.3) is 11.1 Å². The molecule has 1 aromatic carbocycles. The molecule has 1 aromatic heterocycles. The predicted molar refractivity (Wildman–Crippen MR) is 71.2 cm³/mol. The molecule has 1 unspecified atom stereocenters. The van der Waals surface area contributed by atoms with E-state index in [1.807, 2.05) is 6.07 Å². The van der Waals surface area contributed by atoms with Crippen LogP contribution in [0, 0.1) is 5.82 Å². The van der Waals surface area contributed by atoms with E-state index in [4.69, 9.17) is 16.2 Å². The van der Waals surface area contributed by atoms with Crippen molar-refractivity contribution in [2.45, 2.75) is 12.5 Å². The lowest BCUT2D eigenvalue weighted by Gasteiger charge is -2.08. The summed E-state index contributed by atoms with van der Waals surface area (Å²) in [5, 5.41) is 0. The van der Waals surface area contributed by atoms with E-state index in [0.717, 1.165) is 11.1 Å². The van der Waals surface area contributed by atoms with Crippen molar-refractivity contribution in [3.05, 3.63) is 42.0 Å². The Labute approximate surface area is 110 Å². The molecule has 5 heteroatoms. The molecule has 3 rings (SSSR count). The first-order valence-corrected chi connectivity index (χ1v) is 6.08. The number of pyridine rings is 1. The van der Waals surface area contributed by atoms with Crippen molar-refractivity contribution in [1.82, 2.24) is 4.98 Å². The smallest absolute Gasteiger partial charge is 0.165 e. The molecule has 0 amide bonds. The van der Waals surface area contributed by atoms with E-state index >= 15 is 0 Å². The van der Waals surface area contributed by atoms with Crippen molar-refractivity contribution >= 4 is 5.69 Å². The molecule has 98 valence electrons. The summed E-state index contributed by atoms with van der Waals surface area (Å²) in [4.78, 5) is 4.02. The Balaban J connectivity index is 2.07. The number of hydrogen-bond acceptors (Lipinski definition) is 4. The molecule has 19 heavy (non-hydrogen) atoms. The van der Waals surface area contributed by atoms with E-state index in [1.165, 1.54) is 6.07 Å². The van der Waals surface area contributed by atoms with Gasteiger partial charge in [0, 0.05) is 42.2 Å². The molecule has 2 aromatic rings. The van der Waals surface area contributed by atoms with Gasteiger partial charge in [0.25, 0.3) is 0 Å². The maximum Gasteiger partial charge on any atom is 0.165 e. The van der Waals surface area contributed by atoms with Gasteiger partial charge in [-0.3, -0.25) is 4.98 Å². The number of nitrogen functional groups attached to an aromatic ring is 1. The summed E-state index contributed by atoms with van der Waals surface area (Å²) in [5.74, 6) is -0.0756. The third-order valence-corrected chi connectivity index (χ3v) is 3.28. The molecule has 2 heterocycles. The quantitative estimate of drug-likeness (QED) is 0.861. The van der Waals surface area contributed by atoms with Gasteiger partial charge in [-0.2, -0.15) is 0 Å². The second kappa shape index (κ2) is 4.51. The number of hydrogen-bond donors (Lipinski definition) is 2. The van der Waals surface area contributed by atoms with Gasteiger partial charge in [-0.15, -0.1) is 0 Å². The molecule has 0 aliphatic carbocycles. The van der Waals surface area contributed by atoms with E-state index < -0.39 is 0 Å². The van der Waals surface area contributed by atoms with Crippen molar-refractivity contribution < 1.29 is 9.13 Å². The summed E-state index contributed by atoms with van der Waals surface area (Å²) in [6.07, 6.45) is 3.71. The van der Waals surface area contributed by atoms with Crippen LogP contribution in [0.15, 0.2) is 30.6 Å². The van der Waals surface area contributed by atoms with Gasteiger partial charge in [-0.05, 0) is 23.8 Å². The number of halogens is 1. The highest BCUT2D eigenvalue weighted by atomic mass is 19.1. The third-order valence-electron chi connectivity index (χ3n) is 3.28. The first-order chi connectivity index (χ1) is 9.19. The van der Waals surface area contributed by atoms with Crippen LogP contribution < -0.4 is 16.2 Å². The maximum atomic E-state index is 14.1. The van der Waals surface area contributed by atoms with Gasteiger partial charge in [-0.25, -0.2) is 4.39 Å². The van der Waals surface area contributed by atoms with Gasteiger partial charge in [0.1, 0.15) is 6.10 Å². The average Bonchev–Trinajstić information content (AvgIpc) is 2.83. The Hall–Kier alpha value is -2.14. The van der Waals surface area contributed by atoms with Gasteiger partial charge >= 0.3 is 0 Å². The Kier molecular flexibility index (Phi) is 2.83. The van der Waals surface area contributed by atoms with Crippen LogP contribution in [0.5, 0.6) is 5.75 Å². The molecule has 4 nitrogen and oxygen atoms in total. The summed E-state index contributed by atoms with van der Waals surface area (Å²) in [7, 11) is 0. The van der Waals surface area contributed by atoms with Crippen LogP contribution >= 0.6 is 0 Å². The second-order valence-electron chi connectivity index (χ2n) is 4.59. The Morgan fingerprint density at radius 1 is 1.42 bits per heavy atom. The SMILES string of the molecule is NCC1Cc2cc(-c3cnccc3N)cc(F)c2O1. The molecule has 0 spiro atoms. The minimum atomic E-state index is -0.383. The number of fused-ring (bicyclic) bond motifs is 1. The molecule has 0 radical (unpaired) electrons. The summed E-state index contributed by atoms with van der Waals surface area (Å²) < 4.78 is 19.5. The van der Waals surface area contributed by atoms with E-state index in [2.05, 4.69) is 4.98 Å². The van der Waals surface area contributed by atoms with Crippen LogP contribution in [-0.2, 0) is 6.42 Å². The van der Waals surface area contributed by atoms with Crippen LogP contribution in [0.1, 0.15) is 5.56 Å². The van der Waals surface area contributed by atoms with Crippen molar-refractivity contribution in [2.24, 2.45) is 5.73 Å². The highest BCUT2D eigenvalue weighted by Gasteiger charge is 2.26. The van der Waals surface area contributed by atoms with Gasteiger partial charge in [-0.1, -0.05) is 0 Å². The molecule has 0 bridgehead atoms. The number of aromatic nitrogens is 1. The minimum Gasteiger partial charge on any atom is -0.485 e. The largest absolute Gasteiger partial charge is 0.485 e. The second-order valence-corrected chi connectivity index (χ2v) is 4.59. The Morgan fingerprint density at radius 2 is 2.26 bits per heavy atom. The molecule has 4 N–H and O–H groups in total. The first kappa shape index (κ1) is 11.9. The molecular weight excluding hydrogens is 245 g/mol. The van der Waals surface area contributed by atoms with Crippen molar-refractivity contribution in [3.63, 3.8) is 0 Å². The first-order valence-electron chi connectivity index (χ1n) is 6.08. The van der Waals surface area contributed by atoms with Gasteiger partial charge in [0.05, 0.1) is 0 Å². The van der Waals surface area contributed by atoms with Crippen molar-refractivity contribution in [1.29, 1.82) is 0 Å². The van der Waals surface area contributed by atoms with Gasteiger partial charge in [0.2, 0.25) is 0 Å². The van der Waals surface area contributed by atoms with Gasteiger partial charge in [0.15, 0.2) is 11.6 Å². The standard InChI is InChI=1S/C14H14FN3O/c15-12-5-8(11-7-18-2-1-13(11)17)3-9-4-10(6-16)19-14(9)12/h1-3,5,7,10H,4,6,16H2,(H2,17,18). The average molecular weight is 259 g/mol. The molecule has 1 atom stereocenters. The van der Waals surface area contributed by atoms with E-state index in [1.54, 1.807) is 18.5 Å². The predicted octanol–water partition coefficient (Wildman–Crippen LogP) is 1.73. The third kappa shape index (κ3) is 2.02. The number of nitrogens with zero attached hydrogens (tertiary/aromatic N) is 1. The number of nitrogens with two attached hydrogens (primary N) is 2. The number of benzene rings is 1. The minimum absolute atomic E-state index is 0.147. The lowest BCUT2D eigenvalue weighted by atomic mass is 10.0. The highest BCUT2D eigenvalue weighted by molar-refractivity contribution is 5.76. The van der Waals surface area contributed by atoms with Crippen LogP contribution in [0.4, 0.5) is 10.1 Å². The molecule has 1 aliphatic rings. The fraction of sp³-hybridized carbons (Fsp3) is 0.214. The normalized spacial score (nSPS) is 17.1. The number of rotatable bonds is 2. The van der Waals surface area contributed by atoms with Crippen LogP contribution in [-0.4, -0.2) is 17.6 Å². The lowest BCUT2D eigenvalue weighted by molar-refractivity contribution is 0.232. The van der Waals surface area contributed by atoms with Crippen LogP contribution in [0.3, 0.4) is 0 Å². The molecule has 0 saturated carbocycles. The topological polar surface area (TPSA) is 74.2 Å². The van der Waals surface area contributed by atoms with Gasteiger partial charge < -0.3 is 16.2 Å². The zero-order chi connectivity index (χ0) is 13.4. The highest BCUT2D eigenvalue weighted by Crippen LogP contribution is 2.36. The molecule has 1 aliphatic heterocycles. The van der Waals surface area contributed by atoms with Crippen molar-refractivity contribution in [2.75, 3.05) is 12.3 Å². The maximum absolute atomic E-state index is 14.1. The molecular formula is C14H14FN3O. The lowest BCUT2D eigenvalue weighted by Crippen LogP contribution is -2.24. The van der Waals surface area contributed by atoms with E-state index in [0.29, 0.717) is 30.0 Å². The Bertz CT molecular complexity index is 630. The summed E-state index contributed by atoms with van der Waals surface area (Å²) in [6.45, 7) is 0.373. The Morgan fingerprint density at radius 3 is 3.00 bits per heavy atom. The monoisotopic (exact) mass is 259 g/mol.